The van der Waals surface area contributed by atoms with Gasteiger partial charge in [0.05, 0.1) is 15.7 Å². The molecule has 0 aliphatic rings. The normalized spacial score (nSPS) is 10.1. The molecule has 26 heavy (non-hydrogen) atoms. The highest BCUT2D eigenvalue weighted by atomic mass is 35.5. The molecule has 0 fully saturated rings. The molecule has 0 heterocycles. The van der Waals surface area contributed by atoms with Crippen LogP contribution < -0.4 is 10.6 Å². The van der Waals surface area contributed by atoms with Crippen molar-refractivity contribution in [3.8, 4) is 0 Å². The summed E-state index contributed by atoms with van der Waals surface area (Å²) >= 11 is 11.7. The predicted octanol–water partition coefficient (Wildman–Crippen LogP) is 3.04. The Morgan fingerprint density at radius 2 is 1.81 bits per heavy atom. The topological polar surface area (TPSA) is 84.5 Å². The van der Waals surface area contributed by atoms with E-state index in [9.17, 15) is 18.8 Å². The van der Waals surface area contributed by atoms with Crippen molar-refractivity contribution in [3.05, 3.63) is 63.9 Å². The minimum absolute atomic E-state index is 0.0612. The molecular weight excluding hydrogens is 386 g/mol. The van der Waals surface area contributed by atoms with Gasteiger partial charge in [0.15, 0.2) is 6.61 Å². The molecule has 0 unspecified atom stereocenters. The van der Waals surface area contributed by atoms with Gasteiger partial charge >= 0.3 is 5.97 Å². The van der Waals surface area contributed by atoms with E-state index in [0.717, 1.165) is 6.07 Å². The fraction of sp³-hybridized carbons (Fsp3) is 0.118. The number of esters is 1. The number of benzene rings is 2. The monoisotopic (exact) mass is 398 g/mol. The van der Waals surface area contributed by atoms with Gasteiger partial charge in [-0.1, -0.05) is 35.3 Å². The van der Waals surface area contributed by atoms with Gasteiger partial charge in [0.25, 0.3) is 11.8 Å². The smallest absolute Gasteiger partial charge is 0.325 e. The highest BCUT2D eigenvalue weighted by Crippen LogP contribution is 2.29. The van der Waals surface area contributed by atoms with Gasteiger partial charge in [0, 0.05) is 5.56 Å². The highest BCUT2D eigenvalue weighted by molar-refractivity contribution is 6.44. The van der Waals surface area contributed by atoms with Crippen LogP contribution >= 0.6 is 23.2 Å². The molecule has 0 atom stereocenters. The Labute approximate surface area is 158 Å². The maximum atomic E-state index is 13.0. The molecule has 0 saturated carbocycles. The van der Waals surface area contributed by atoms with Crippen LogP contribution in [0.2, 0.25) is 10.0 Å². The first-order valence-corrected chi connectivity index (χ1v) is 8.05. The summed E-state index contributed by atoms with van der Waals surface area (Å²) in [5.41, 5.74) is 0.339. The second-order valence-corrected chi connectivity index (χ2v) is 5.79. The van der Waals surface area contributed by atoms with Gasteiger partial charge in [-0.3, -0.25) is 14.4 Å². The van der Waals surface area contributed by atoms with Crippen molar-refractivity contribution in [3.63, 3.8) is 0 Å². The predicted molar refractivity (Wildman–Crippen MR) is 94.8 cm³/mol. The van der Waals surface area contributed by atoms with Gasteiger partial charge in [-0.05, 0) is 30.3 Å². The minimum atomic E-state index is -0.831. The number of carbonyl (C=O) groups excluding carboxylic acids is 3. The summed E-state index contributed by atoms with van der Waals surface area (Å²) in [7, 11) is 0. The summed E-state index contributed by atoms with van der Waals surface area (Å²) < 4.78 is 17.8. The Morgan fingerprint density at radius 1 is 1.08 bits per heavy atom. The van der Waals surface area contributed by atoms with E-state index in [1.54, 1.807) is 12.1 Å². The molecule has 136 valence electrons. The Kier molecular flexibility index (Phi) is 6.94. The number of nitrogens with one attached hydrogen (secondary N) is 2. The molecule has 0 aliphatic heterocycles. The Hall–Kier alpha value is -2.64. The van der Waals surface area contributed by atoms with Crippen LogP contribution in [0.5, 0.6) is 0 Å². The zero-order valence-electron chi connectivity index (χ0n) is 13.2. The van der Waals surface area contributed by atoms with Crippen molar-refractivity contribution in [1.82, 2.24) is 5.32 Å². The van der Waals surface area contributed by atoms with E-state index < -0.39 is 36.8 Å². The Bertz CT molecular complexity index is 845. The molecule has 9 heteroatoms. The zero-order valence-corrected chi connectivity index (χ0v) is 14.7. The molecule has 0 aliphatic carbocycles. The Morgan fingerprint density at radius 3 is 2.54 bits per heavy atom. The van der Waals surface area contributed by atoms with Gasteiger partial charge in [-0.25, -0.2) is 4.39 Å². The fourth-order valence-electron chi connectivity index (χ4n) is 1.87. The molecule has 0 aromatic heterocycles. The molecule has 2 N–H and O–H groups in total. The van der Waals surface area contributed by atoms with Gasteiger partial charge in [0.1, 0.15) is 12.4 Å². The van der Waals surface area contributed by atoms with E-state index in [2.05, 4.69) is 10.6 Å². The molecule has 2 aromatic rings. The summed E-state index contributed by atoms with van der Waals surface area (Å²) in [6, 6.07) is 9.67. The number of carbonyl (C=O) groups is 3. The third-order valence-electron chi connectivity index (χ3n) is 3.07. The lowest BCUT2D eigenvalue weighted by atomic mass is 10.2. The van der Waals surface area contributed by atoms with E-state index in [1.165, 1.54) is 24.3 Å². The van der Waals surface area contributed by atoms with Crippen molar-refractivity contribution in [2.75, 3.05) is 18.5 Å². The lowest BCUT2D eigenvalue weighted by Crippen LogP contribution is -2.32. The first-order chi connectivity index (χ1) is 12.4. The third-order valence-corrected chi connectivity index (χ3v) is 3.89. The summed E-state index contributed by atoms with van der Waals surface area (Å²) in [6.45, 7) is -1.04. The summed E-state index contributed by atoms with van der Waals surface area (Å²) in [4.78, 5) is 35.1. The number of amides is 2. The highest BCUT2D eigenvalue weighted by Gasteiger charge is 2.13. The molecule has 2 amide bonds. The molecule has 0 bridgehead atoms. The van der Waals surface area contributed by atoms with Crippen molar-refractivity contribution in [1.29, 1.82) is 0 Å². The lowest BCUT2D eigenvalue weighted by Gasteiger charge is -2.09. The quantitative estimate of drug-likeness (QED) is 0.732. The van der Waals surface area contributed by atoms with Crippen LogP contribution in [0.25, 0.3) is 0 Å². The number of ether oxygens (including phenoxy) is 1. The standard InChI is InChI=1S/C17H13Cl2FN2O4/c18-12-5-2-6-13(16(12)19)22-14(23)9-26-15(24)8-21-17(25)10-3-1-4-11(20)7-10/h1-7H,8-9H2,(H,21,25)(H,22,23). The van der Waals surface area contributed by atoms with E-state index in [1.807, 2.05) is 0 Å². The van der Waals surface area contributed by atoms with E-state index in [-0.39, 0.29) is 21.3 Å². The molecular formula is C17H13Cl2FN2O4. The van der Waals surface area contributed by atoms with Crippen molar-refractivity contribution in [2.24, 2.45) is 0 Å². The van der Waals surface area contributed by atoms with Crippen LogP contribution in [-0.4, -0.2) is 30.9 Å². The van der Waals surface area contributed by atoms with E-state index in [0.29, 0.717) is 0 Å². The average Bonchev–Trinajstić information content (AvgIpc) is 2.61. The van der Waals surface area contributed by atoms with Gasteiger partial charge < -0.3 is 15.4 Å². The number of halogens is 3. The SMILES string of the molecule is O=C(COC(=O)CNC(=O)c1cccc(F)c1)Nc1cccc(Cl)c1Cl. The van der Waals surface area contributed by atoms with Crippen LogP contribution in [0.1, 0.15) is 10.4 Å². The van der Waals surface area contributed by atoms with Crippen LogP contribution in [0, 0.1) is 5.82 Å². The van der Waals surface area contributed by atoms with Crippen LogP contribution in [0.3, 0.4) is 0 Å². The number of anilines is 1. The van der Waals surface area contributed by atoms with Crippen LogP contribution in [-0.2, 0) is 14.3 Å². The zero-order chi connectivity index (χ0) is 19.1. The van der Waals surface area contributed by atoms with Gasteiger partial charge in [-0.15, -0.1) is 0 Å². The first-order valence-electron chi connectivity index (χ1n) is 7.30. The molecule has 2 aromatic carbocycles. The molecule has 0 saturated heterocycles. The van der Waals surface area contributed by atoms with Gasteiger partial charge in [-0.2, -0.15) is 0 Å². The van der Waals surface area contributed by atoms with Gasteiger partial charge in [0.2, 0.25) is 0 Å². The third kappa shape index (κ3) is 5.72. The summed E-state index contributed by atoms with van der Waals surface area (Å²) in [5.74, 6) is -2.67. The minimum Gasteiger partial charge on any atom is -0.454 e. The van der Waals surface area contributed by atoms with Crippen molar-refractivity contribution >= 4 is 46.7 Å². The molecule has 2 rings (SSSR count). The number of hydrogen-bond acceptors (Lipinski definition) is 4. The maximum Gasteiger partial charge on any atom is 0.325 e. The average molecular weight is 399 g/mol. The summed E-state index contributed by atoms with van der Waals surface area (Å²) in [6.07, 6.45) is 0. The lowest BCUT2D eigenvalue weighted by molar-refractivity contribution is -0.146. The molecule has 6 nitrogen and oxygen atoms in total. The van der Waals surface area contributed by atoms with E-state index >= 15 is 0 Å². The Balaban J connectivity index is 1.77. The summed E-state index contributed by atoms with van der Waals surface area (Å²) in [5, 5.41) is 5.14. The van der Waals surface area contributed by atoms with Crippen molar-refractivity contribution < 1.29 is 23.5 Å². The molecule has 0 spiro atoms. The van der Waals surface area contributed by atoms with E-state index in [4.69, 9.17) is 27.9 Å². The first kappa shape index (κ1) is 19.7. The number of hydrogen-bond donors (Lipinski definition) is 2. The maximum absolute atomic E-state index is 13.0. The largest absolute Gasteiger partial charge is 0.454 e. The van der Waals surface area contributed by atoms with Crippen LogP contribution in [0.4, 0.5) is 10.1 Å². The van der Waals surface area contributed by atoms with Crippen LogP contribution in [0.15, 0.2) is 42.5 Å². The van der Waals surface area contributed by atoms with Crippen molar-refractivity contribution in [2.45, 2.75) is 0 Å². The molecule has 0 radical (unpaired) electrons. The number of rotatable bonds is 6. The second kappa shape index (κ2) is 9.17. The second-order valence-electron chi connectivity index (χ2n) is 5.00. The fourth-order valence-corrected chi connectivity index (χ4v) is 2.22.